The molecule has 1 heterocycles. The van der Waals surface area contributed by atoms with Crippen molar-refractivity contribution in [2.75, 3.05) is 23.9 Å². The number of likely N-dealkylation sites (N-methyl/N-ethyl adjacent to an activating group) is 1. The molecule has 21 heavy (non-hydrogen) atoms. The summed E-state index contributed by atoms with van der Waals surface area (Å²) in [5.74, 6) is 7.49. The van der Waals surface area contributed by atoms with E-state index in [0.29, 0.717) is 11.7 Å². The Balaban J connectivity index is 2.17. The summed E-state index contributed by atoms with van der Waals surface area (Å²) in [6.07, 6.45) is 2.53. The summed E-state index contributed by atoms with van der Waals surface area (Å²) in [6.45, 7) is 5.13. The number of nitrogen functional groups attached to an aromatic ring is 1. The van der Waals surface area contributed by atoms with Gasteiger partial charge < -0.3 is 10.3 Å². The molecule has 0 aliphatic heterocycles. The zero-order valence-corrected chi connectivity index (χ0v) is 12.9. The predicted octanol–water partition coefficient (Wildman–Crippen LogP) is 2.56. The van der Waals surface area contributed by atoms with Crippen molar-refractivity contribution in [3.8, 4) is 0 Å². The third kappa shape index (κ3) is 3.70. The summed E-state index contributed by atoms with van der Waals surface area (Å²) in [5.41, 5.74) is 5.04. The van der Waals surface area contributed by atoms with Crippen molar-refractivity contribution in [3.05, 3.63) is 47.8 Å². The lowest BCUT2D eigenvalue weighted by Gasteiger charge is -2.24. The summed E-state index contributed by atoms with van der Waals surface area (Å²) in [6, 6.07) is 10.5. The van der Waals surface area contributed by atoms with E-state index in [-0.39, 0.29) is 0 Å². The normalized spacial score (nSPS) is 10.7. The van der Waals surface area contributed by atoms with Crippen LogP contribution in [0.5, 0.6) is 0 Å². The van der Waals surface area contributed by atoms with Crippen LogP contribution in [0.3, 0.4) is 0 Å². The zero-order chi connectivity index (χ0) is 15.2. The van der Waals surface area contributed by atoms with Crippen molar-refractivity contribution in [2.24, 2.45) is 5.84 Å². The quantitative estimate of drug-likeness (QED) is 0.630. The monoisotopic (exact) mass is 285 g/mol. The highest BCUT2D eigenvalue weighted by molar-refractivity contribution is 5.59. The zero-order valence-electron chi connectivity index (χ0n) is 12.9. The topological polar surface area (TPSA) is 67.1 Å². The van der Waals surface area contributed by atoms with E-state index in [0.717, 1.165) is 24.3 Å². The van der Waals surface area contributed by atoms with Crippen LogP contribution in [0.25, 0.3) is 0 Å². The summed E-state index contributed by atoms with van der Waals surface area (Å²) >= 11 is 0. The first-order valence-corrected chi connectivity index (χ1v) is 7.20. The van der Waals surface area contributed by atoms with Gasteiger partial charge in [0.2, 0.25) is 0 Å². The molecule has 2 aromatic rings. The van der Waals surface area contributed by atoms with E-state index in [2.05, 4.69) is 65.5 Å². The van der Waals surface area contributed by atoms with Gasteiger partial charge in [-0.15, -0.1) is 0 Å². The molecule has 0 spiro atoms. The highest BCUT2D eigenvalue weighted by Crippen LogP contribution is 2.29. The Morgan fingerprint density at radius 1 is 1.19 bits per heavy atom. The molecule has 0 bridgehead atoms. The van der Waals surface area contributed by atoms with Gasteiger partial charge in [0.1, 0.15) is 18.0 Å². The number of hydrogen-bond acceptors (Lipinski definition) is 5. The summed E-state index contributed by atoms with van der Waals surface area (Å²) in [5, 5.41) is 0. The maximum absolute atomic E-state index is 5.56. The number of rotatable bonds is 6. The van der Waals surface area contributed by atoms with Crippen LogP contribution in [-0.2, 0) is 6.42 Å². The minimum atomic E-state index is 0.298. The minimum absolute atomic E-state index is 0.298. The molecule has 0 atom stereocenters. The van der Waals surface area contributed by atoms with Gasteiger partial charge in [-0.1, -0.05) is 44.2 Å². The molecule has 0 fully saturated rings. The third-order valence-electron chi connectivity index (χ3n) is 3.52. The first-order valence-electron chi connectivity index (χ1n) is 7.20. The van der Waals surface area contributed by atoms with Gasteiger partial charge >= 0.3 is 0 Å². The molecule has 1 aromatic carbocycles. The summed E-state index contributed by atoms with van der Waals surface area (Å²) in [7, 11) is 2.05. The van der Waals surface area contributed by atoms with Gasteiger partial charge in [0.25, 0.3) is 0 Å². The van der Waals surface area contributed by atoms with E-state index < -0.39 is 0 Å². The molecule has 5 nitrogen and oxygen atoms in total. The standard InChI is InChI=1S/C16H23N5/c1-12(2)14-15(20-17)18-11-19-16(14)21(3)10-9-13-7-5-4-6-8-13/h4-8,11-12H,9-10,17H2,1-3H3,(H,18,19,20). The van der Waals surface area contributed by atoms with Gasteiger partial charge in [0.05, 0.1) is 0 Å². The van der Waals surface area contributed by atoms with Crippen LogP contribution >= 0.6 is 0 Å². The highest BCUT2D eigenvalue weighted by atomic mass is 15.3. The molecule has 1 aromatic heterocycles. The number of benzene rings is 1. The minimum Gasteiger partial charge on any atom is -0.359 e. The van der Waals surface area contributed by atoms with Gasteiger partial charge in [-0.2, -0.15) is 0 Å². The van der Waals surface area contributed by atoms with E-state index in [1.165, 1.54) is 5.56 Å². The van der Waals surface area contributed by atoms with Crippen molar-refractivity contribution in [3.63, 3.8) is 0 Å². The lowest BCUT2D eigenvalue weighted by atomic mass is 10.0. The van der Waals surface area contributed by atoms with Crippen molar-refractivity contribution in [1.82, 2.24) is 9.97 Å². The Labute approximate surface area is 126 Å². The molecule has 0 saturated carbocycles. The van der Waals surface area contributed by atoms with E-state index in [1.54, 1.807) is 6.33 Å². The Morgan fingerprint density at radius 3 is 2.52 bits per heavy atom. The van der Waals surface area contributed by atoms with Crippen LogP contribution in [0, 0.1) is 0 Å². The van der Waals surface area contributed by atoms with Crippen molar-refractivity contribution in [1.29, 1.82) is 0 Å². The van der Waals surface area contributed by atoms with Crippen LogP contribution in [0.4, 0.5) is 11.6 Å². The van der Waals surface area contributed by atoms with Gasteiger partial charge in [0, 0.05) is 19.2 Å². The van der Waals surface area contributed by atoms with Crippen molar-refractivity contribution >= 4 is 11.6 Å². The molecular weight excluding hydrogens is 262 g/mol. The second-order valence-electron chi connectivity index (χ2n) is 5.42. The molecule has 5 heteroatoms. The van der Waals surface area contributed by atoms with Crippen LogP contribution in [0.2, 0.25) is 0 Å². The molecular formula is C16H23N5. The fourth-order valence-corrected chi connectivity index (χ4v) is 2.38. The number of nitrogens with two attached hydrogens (primary N) is 1. The maximum atomic E-state index is 5.56. The average molecular weight is 285 g/mol. The van der Waals surface area contributed by atoms with Crippen LogP contribution in [0.15, 0.2) is 36.7 Å². The van der Waals surface area contributed by atoms with Gasteiger partial charge in [-0.05, 0) is 17.9 Å². The van der Waals surface area contributed by atoms with Gasteiger partial charge in [-0.3, -0.25) is 0 Å². The molecule has 0 aliphatic carbocycles. The van der Waals surface area contributed by atoms with Crippen molar-refractivity contribution in [2.45, 2.75) is 26.2 Å². The van der Waals surface area contributed by atoms with Crippen molar-refractivity contribution < 1.29 is 0 Å². The predicted molar refractivity (Wildman–Crippen MR) is 87.3 cm³/mol. The lowest BCUT2D eigenvalue weighted by Crippen LogP contribution is -2.24. The lowest BCUT2D eigenvalue weighted by molar-refractivity contribution is 0.800. The molecule has 0 saturated heterocycles. The molecule has 0 unspecified atom stereocenters. The maximum Gasteiger partial charge on any atom is 0.148 e. The Kier molecular flexibility index (Phi) is 5.11. The fraction of sp³-hybridized carbons (Fsp3) is 0.375. The average Bonchev–Trinajstić information content (AvgIpc) is 2.52. The van der Waals surface area contributed by atoms with E-state index >= 15 is 0 Å². The second kappa shape index (κ2) is 7.04. The molecule has 0 radical (unpaired) electrons. The molecule has 2 rings (SSSR count). The Morgan fingerprint density at radius 2 is 1.90 bits per heavy atom. The number of hydrogen-bond donors (Lipinski definition) is 2. The Hall–Kier alpha value is -2.14. The molecule has 112 valence electrons. The number of anilines is 2. The number of nitrogens with one attached hydrogen (secondary N) is 1. The third-order valence-corrected chi connectivity index (χ3v) is 3.52. The smallest absolute Gasteiger partial charge is 0.148 e. The molecule has 0 amide bonds. The van der Waals surface area contributed by atoms with Gasteiger partial charge in [-0.25, -0.2) is 15.8 Å². The van der Waals surface area contributed by atoms with Crippen LogP contribution in [-0.4, -0.2) is 23.6 Å². The van der Waals surface area contributed by atoms with E-state index in [1.807, 2.05) is 6.07 Å². The SMILES string of the molecule is CC(C)c1c(NN)ncnc1N(C)CCc1ccccc1. The number of hydrazine groups is 1. The van der Waals surface area contributed by atoms with Crippen LogP contribution in [0.1, 0.15) is 30.9 Å². The van der Waals surface area contributed by atoms with Crippen LogP contribution < -0.4 is 16.2 Å². The largest absolute Gasteiger partial charge is 0.359 e. The first kappa shape index (κ1) is 15.3. The molecule has 3 N–H and O–H groups in total. The highest BCUT2D eigenvalue weighted by Gasteiger charge is 2.17. The Bertz CT molecular complexity index is 568. The number of nitrogens with zero attached hydrogens (tertiary/aromatic N) is 3. The van der Waals surface area contributed by atoms with E-state index in [9.17, 15) is 0 Å². The summed E-state index contributed by atoms with van der Waals surface area (Å²) < 4.78 is 0. The molecule has 0 aliphatic rings. The summed E-state index contributed by atoms with van der Waals surface area (Å²) in [4.78, 5) is 10.8. The fourth-order valence-electron chi connectivity index (χ4n) is 2.38. The first-order chi connectivity index (χ1) is 10.1. The van der Waals surface area contributed by atoms with E-state index in [4.69, 9.17) is 5.84 Å². The second-order valence-corrected chi connectivity index (χ2v) is 5.42. The van der Waals surface area contributed by atoms with Gasteiger partial charge in [0.15, 0.2) is 0 Å². The number of aromatic nitrogens is 2.